The van der Waals surface area contributed by atoms with Gasteiger partial charge in [-0.1, -0.05) is 12.1 Å². The van der Waals surface area contributed by atoms with E-state index in [2.05, 4.69) is 10.6 Å². The molecule has 0 saturated heterocycles. The highest BCUT2D eigenvalue weighted by atomic mass is 16.5. The lowest BCUT2D eigenvalue weighted by Crippen LogP contribution is -2.52. The first-order valence-electron chi connectivity index (χ1n) is 14.6. The second-order valence-corrected chi connectivity index (χ2v) is 10.7. The van der Waals surface area contributed by atoms with E-state index < -0.39 is 72.0 Å². The Labute approximate surface area is 260 Å². The SMILES string of the molecule is COC(=O)C(CCCCN)NC(=O)[C@@H](CC(=O)[C@@H](N)CCCCNC(=O)C(O)C(O)C(O)C(O)C(=O)O)Cc1ccc(O)cc1. The smallest absolute Gasteiger partial charge is 0.335 e. The molecule has 0 aliphatic heterocycles. The summed E-state index contributed by atoms with van der Waals surface area (Å²) >= 11 is 0. The van der Waals surface area contributed by atoms with E-state index in [0.717, 1.165) is 0 Å². The van der Waals surface area contributed by atoms with E-state index in [4.69, 9.17) is 21.3 Å². The fourth-order valence-electron chi connectivity index (χ4n) is 4.38. The van der Waals surface area contributed by atoms with Crippen LogP contribution in [-0.2, 0) is 35.1 Å². The number of hydrogen-bond donors (Lipinski definition) is 10. The molecule has 45 heavy (non-hydrogen) atoms. The molecular formula is C29H46N4O12. The van der Waals surface area contributed by atoms with Gasteiger partial charge in [-0.3, -0.25) is 14.4 Å². The first-order chi connectivity index (χ1) is 21.2. The second-order valence-electron chi connectivity index (χ2n) is 10.7. The number of phenolic OH excluding ortho intramolecular Hbond substituents is 1. The maximum Gasteiger partial charge on any atom is 0.335 e. The van der Waals surface area contributed by atoms with Crippen molar-refractivity contribution in [2.75, 3.05) is 20.2 Å². The molecule has 12 N–H and O–H groups in total. The third-order valence-corrected chi connectivity index (χ3v) is 7.16. The van der Waals surface area contributed by atoms with E-state index in [1.165, 1.54) is 19.2 Å². The van der Waals surface area contributed by atoms with Crippen molar-refractivity contribution in [2.45, 2.75) is 87.9 Å². The van der Waals surface area contributed by atoms with Gasteiger partial charge in [-0.15, -0.1) is 0 Å². The van der Waals surface area contributed by atoms with Gasteiger partial charge in [0.1, 0.15) is 29.8 Å². The van der Waals surface area contributed by atoms with Gasteiger partial charge in [0.05, 0.1) is 13.2 Å². The van der Waals surface area contributed by atoms with Crippen molar-refractivity contribution in [3.05, 3.63) is 29.8 Å². The number of aromatic hydroxyl groups is 1. The molecule has 0 bridgehead atoms. The van der Waals surface area contributed by atoms with Crippen molar-refractivity contribution in [3.8, 4) is 5.75 Å². The lowest BCUT2D eigenvalue weighted by Gasteiger charge is -2.24. The standard InChI is InChI=1S/C29H46N4O12/c1-45-29(44)20(7-2-4-12-30)33-26(40)17(14-16-8-10-18(34)11-9-16)15-21(35)19(31)6-3-5-13-32-27(41)24(38)22(36)23(37)25(39)28(42)43/h8-11,17,19-20,22-25,34,36-39H,2-7,12-15,30-31H2,1H3,(H,32,41)(H,33,40)(H,42,43)/t17-,19+,20?,22?,23?,24?,25?/m1/s1. The van der Waals surface area contributed by atoms with Crippen molar-refractivity contribution < 1.29 is 59.3 Å². The van der Waals surface area contributed by atoms with Gasteiger partial charge in [0.25, 0.3) is 5.91 Å². The van der Waals surface area contributed by atoms with Crippen LogP contribution in [0.3, 0.4) is 0 Å². The molecule has 0 saturated carbocycles. The third-order valence-electron chi connectivity index (χ3n) is 7.16. The number of nitrogens with one attached hydrogen (secondary N) is 2. The molecule has 16 nitrogen and oxygen atoms in total. The van der Waals surface area contributed by atoms with E-state index in [9.17, 15) is 49.5 Å². The number of benzene rings is 1. The molecule has 0 spiro atoms. The van der Waals surface area contributed by atoms with Gasteiger partial charge < -0.3 is 57.5 Å². The minimum Gasteiger partial charge on any atom is -0.508 e. The van der Waals surface area contributed by atoms with Gasteiger partial charge in [0, 0.05) is 18.9 Å². The Bertz CT molecular complexity index is 1100. The normalized spacial score (nSPS) is 15.9. The highest BCUT2D eigenvalue weighted by Crippen LogP contribution is 2.19. The molecule has 2 amide bonds. The van der Waals surface area contributed by atoms with E-state index in [-0.39, 0.29) is 38.0 Å². The zero-order valence-corrected chi connectivity index (χ0v) is 25.2. The molecule has 1 rings (SSSR count). The van der Waals surface area contributed by atoms with Gasteiger partial charge in [0.2, 0.25) is 5.91 Å². The van der Waals surface area contributed by atoms with Crippen LogP contribution in [0.4, 0.5) is 0 Å². The van der Waals surface area contributed by atoms with Crippen LogP contribution in [0.5, 0.6) is 5.75 Å². The van der Waals surface area contributed by atoms with Crippen molar-refractivity contribution >= 4 is 29.5 Å². The number of methoxy groups -OCH3 is 1. The number of hydrogen-bond acceptors (Lipinski definition) is 13. The molecule has 1 aromatic carbocycles. The number of carboxylic acid groups (broad SMARTS) is 1. The number of unbranched alkanes of at least 4 members (excludes halogenated alkanes) is 2. The summed E-state index contributed by atoms with van der Waals surface area (Å²) < 4.78 is 4.81. The maximum atomic E-state index is 13.3. The van der Waals surface area contributed by atoms with E-state index in [0.29, 0.717) is 37.8 Å². The molecule has 0 aliphatic carbocycles. The number of phenols is 1. The van der Waals surface area contributed by atoms with Crippen LogP contribution < -0.4 is 22.1 Å². The summed E-state index contributed by atoms with van der Waals surface area (Å²) in [5, 5.41) is 61.7. The van der Waals surface area contributed by atoms with Crippen LogP contribution in [0, 0.1) is 5.92 Å². The molecule has 0 heterocycles. The summed E-state index contributed by atoms with van der Waals surface area (Å²) in [7, 11) is 1.20. The lowest BCUT2D eigenvalue weighted by atomic mass is 9.90. The summed E-state index contributed by atoms with van der Waals surface area (Å²) in [5.74, 6) is -5.42. The fraction of sp³-hybridized carbons (Fsp3) is 0.621. The number of carboxylic acids is 1. The Kier molecular flexibility index (Phi) is 17.8. The molecule has 254 valence electrons. The predicted octanol–water partition coefficient (Wildman–Crippen LogP) is -2.56. The van der Waals surface area contributed by atoms with Gasteiger partial charge in [-0.05, 0) is 69.2 Å². The number of carbonyl (C=O) groups is 5. The molecule has 0 fully saturated rings. The van der Waals surface area contributed by atoms with Gasteiger partial charge in [-0.25, -0.2) is 9.59 Å². The largest absolute Gasteiger partial charge is 0.508 e. The fourth-order valence-corrected chi connectivity index (χ4v) is 4.38. The monoisotopic (exact) mass is 642 g/mol. The van der Waals surface area contributed by atoms with Gasteiger partial charge in [0.15, 0.2) is 12.2 Å². The first-order valence-corrected chi connectivity index (χ1v) is 14.6. The number of carbonyl (C=O) groups excluding carboxylic acids is 4. The summed E-state index contributed by atoms with van der Waals surface area (Å²) in [6.07, 6.45) is -7.00. The molecular weight excluding hydrogens is 596 g/mol. The predicted molar refractivity (Wildman–Crippen MR) is 158 cm³/mol. The number of aliphatic carboxylic acids is 1. The highest BCUT2D eigenvalue weighted by Gasteiger charge is 2.37. The minimum atomic E-state index is -2.41. The molecule has 1 aromatic rings. The number of ketones is 1. The Morgan fingerprint density at radius 1 is 0.867 bits per heavy atom. The van der Waals surface area contributed by atoms with Crippen molar-refractivity contribution in [1.29, 1.82) is 0 Å². The average molecular weight is 643 g/mol. The zero-order valence-electron chi connectivity index (χ0n) is 25.2. The van der Waals surface area contributed by atoms with E-state index in [1.807, 2.05) is 0 Å². The highest BCUT2D eigenvalue weighted by molar-refractivity contribution is 5.91. The van der Waals surface area contributed by atoms with Gasteiger partial charge >= 0.3 is 11.9 Å². The number of esters is 1. The van der Waals surface area contributed by atoms with Crippen LogP contribution >= 0.6 is 0 Å². The number of Topliss-reactive ketones (excluding diaryl/α,β-unsaturated/α-hetero) is 1. The minimum absolute atomic E-state index is 0.0218. The van der Waals surface area contributed by atoms with Crippen LogP contribution in [-0.4, -0.2) is 117 Å². The molecule has 0 radical (unpaired) electrons. The van der Waals surface area contributed by atoms with Crippen molar-refractivity contribution in [2.24, 2.45) is 17.4 Å². The molecule has 7 atom stereocenters. The quantitative estimate of drug-likeness (QED) is 0.0460. The molecule has 16 heteroatoms. The Balaban J connectivity index is 2.73. The summed E-state index contributed by atoms with van der Waals surface area (Å²) in [5.41, 5.74) is 12.3. The lowest BCUT2D eigenvalue weighted by molar-refractivity contribution is -0.166. The van der Waals surface area contributed by atoms with Crippen LogP contribution in [0.1, 0.15) is 50.5 Å². The summed E-state index contributed by atoms with van der Waals surface area (Å²) in [6.45, 7) is 0.394. The van der Waals surface area contributed by atoms with Crippen LogP contribution in [0.25, 0.3) is 0 Å². The molecule has 5 unspecified atom stereocenters. The first kappa shape index (κ1) is 39.4. The second kappa shape index (κ2) is 20.4. The topological polar surface area (TPSA) is 292 Å². The van der Waals surface area contributed by atoms with Crippen molar-refractivity contribution in [1.82, 2.24) is 10.6 Å². The molecule has 0 aliphatic rings. The number of rotatable bonds is 22. The Hall–Kier alpha value is -3.67. The number of aliphatic hydroxyl groups excluding tert-OH is 4. The van der Waals surface area contributed by atoms with E-state index in [1.54, 1.807) is 12.1 Å². The Morgan fingerprint density at radius 3 is 2.04 bits per heavy atom. The number of ether oxygens (including phenoxy) is 1. The Morgan fingerprint density at radius 2 is 1.47 bits per heavy atom. The number of nitrogens with two attached hydrogens (primary N) is 2. The molecule has 0 aromatic heterocycles. The zero-order chi connectivity index (χ0) is 34.1. The number of amides is 2. The van der Waals surface area contributed by atoms with E-state index >= 15 is 0 Å². The maximum absolute atomic E-state index is 13.3. The van der Waals surface area contributed by atoms with Crippen LogP contribution in [0.15, 0.2) is 24.3 Å². The summed E-state index contributed by atoms with van der Waals surface area (Å²) in [6, 6.07) is 4.22. The average Bonchev–Trinajstić information content (AvgIpc) is 3.02. The van der Waals surface area contributed by atoms with Gasteiger partial charge in [-0.2, -0.15) is 0 Å². The number of aliphatic hydroxyl groups is 4. The van der Waals surface area contributed by atoms with Crippen LogP contribution in [0.2, 0.25) is 0 Å². The summed E-state index contributed by atoms with van der Waals surface area (Å²) in [4.78, 5) is 61.3. The third kappa shape index (κ3) is 13.9. The van der Waals surface area contributed by atoms with Crippen molar-refractivity contribution in [3.63, 3.8) is 0 Å².